The lowest BCUT2D eigenvalue weighted by atomic mass is 10.1. The number of nitrogens with zero attached hydrogens (tertiary/aromatic N) is 5. The van der Waals surface area contributed by atoms with Gasteiger partial charge in [0, 0.05) is 47.3 Å². The Labute approximate surface area is 215 Å². The molecule has 11 heteroatoms. The molecule has 0 aliphatic rings. The molecular weight excluding hydrogens is 487 g/mol. The number of amides is 1. The second-order valence-corrected chi connectivity index (χ2v) is 9.14. The Bertz CT molecular complexity index is 1820. The topological polar surface area (TPSA) is 145 Å². The van der Waals surface area contributed by atoms with E-state index in [9.17, 15) is 14.3 Å². The summed E-state index contributed by atoms with van der Waals surface area (Å²) in [7, 11) is 0. The van der Waals surface area contributed by atoms with Crippen molar-refractivity contribution in [3.63, 3.8) is 0 Å². The number of hydrogen-bond acceptors (Lipinski definition) is 7. The number of aromatic amines is 2. The highest BCUT2D eigenvalue weighted by Crippen LogP contribution is 2.33. The van der Waals surface area contributed by atoms with Crippen LogP contribution in [0.1, 0.15) is 13.8 Å². The number of aromatic nitrogens is 7. The molecule has 0 aliphatic heterocycles. The van der Waals surface area contributed by atoms with Crippen molar-refractivity contribution in [2.45, 2.75) is 13.8 Å². The number of rotatable bonds is 5. The van der Waals surface area contributed by atoms with E-state index >= 15 is 0 Å². The van der Waals surface area contributed by atoms with E-state index in [-0.39, 0.29) is 17.6 Å². The van der Waals surface area contributed by atoms with E-state index in [4.69, 9.17) is 4.98 Å². The summed E-state index contributed by atoms with van der Waals surface area (Å²) in [6.45, 7) is 3.65. The van der Waals surface area contributed by atoms with Crippen LogP contribution in [0.15, 0.2) is 61.2 Å². The maximum absolute atomic E-state index is 14.0. The summed E-state index contributed by atoms with van der Waals surface area (Å²) < 4.78 is 14.0. The van der Waals surface area contributed by atoms with Crippen molar-refractivity contribution < 1.29 is 14.3 Å². The van der Waals surface area contributed by atoms with Crippen molar-refractivity contribution in [1.29, 1.82) is 0 Å². The Kier molecular flexibility index (Phi) is 5.52. The number of anilines is 1. The maximum atomic E-state index is 14.0. The third kappa shape index (κ3) is 4.19. The smallest absolute Gasteiger partial charge is 0.226 e. The standard InChI is InChI=1S/C27H21FN8O2/c1-13(2)27(38)32-18-6-15(10-29-12-18)16-8-21-23(35-36-24(21)31-11-16)26-33-22-20(3-4-30-25(22)34-26)14-5-17(28)9-19(37)7-14/h3-13,37H,1-2H3,(H,32,38)(H,30,33,34)(H,31,35,36). The molecule has 1 amide bonds. The van der Waals surface area contributed by atoms with Gasteiger partial charge in [-0.25, -0.2) is 19.3 Å². The zero-order chi connectivity index (χ0) is 26.4. The number of pyridine rings is 3. The first kappa shape index (κ1) is 23.2. The van der Waals surface area contributed by atoms with Crippen molar-refractivity contribution in [2.24, 2.45) is 5.92 Å². The number of carbonyl (C=O) groups excluding carboxylic acids is 1. The molecule has 0 saturated carbocycles. The molecule has 0 unspecified atom stereocenters. The third-order valence-corrected chi connectivity index (χ3v) is 6.08. The minimum Gasteiger partial charge on any atom is -0.508 e. The molecule has 0 bridgehead atoms. The zero-order valence-electron chi connectivity index (χ0n) is 20.3. The average Bonchev–Trinajstić information content (AvgIpc) is 3.51. The highest BCUT2D eigenvalue weighted by Gasteiger charge is 2.18. The van der Waals surface area contributed by atoms with Crippen LogP contribution < -0.4 is 5.32 Å². The van der Waals surface area contributed by atoms with Gasteiger partial charge in [0.25, 0.3) is 0 Å². The number of carbonyl (C=O) groups is 1. The molecule has 0 fully saturated rings. The van der Waals surface area contributed by atoms with Gasteiger partial charge in [0.1, 0.15) is 22.8 Å². The second kappa shape index (κ2) is 9.04. The lowest BCUT2D eigenvalue weighted by Gasteiger charge is -2.09. The van der Waals surface area contributed by atoms with E-state index < -0.39 is 5.82 Å². The van der Waals surface area contributed by atoms with Crippen molar-refractivity contribution in [3.8, 4) is 39.5 Å². The fourth-order valence-electron chi connectivity index (χ4n) is 4.18. The minimum absolute atomic E-state index is 0.0963. The molecule has 10 nitrogen and oxygen atoms in total. The summed E-state index contributed by atoms with van der Waals surface area (Å²) in [5, 5.41) is 20.8. The van der Waals surface area contributed by atoms with E-state index in [0.717, 1.165) is 17.2 Å². The van der Waals surface area contributed by atoms with Gasteiger partial charge in [0.15, 0.2) is 17.1 Å². The summed E-state index contributed by atoms with van der Waals surface area (Å²) in [5.74, 6) is -0.543. The highest BCUT2D eigenvalue weighted by atomic mass is 19.1. The van der Waals surface area contributed by atoms with Crippen LogP contribution in [0.4, 0.5) is 10.1 Å². The second-order valence-electron chi connectivity index (χ2n) is 9.14. The zero-order valence-corrected chi connectivity index (χ0v) is 20.3. The molecule has 5 aromatic heterocycles. The number of hydrogen-bond donors (Lipinski definition) is 4. The number of H-pyrrole nitrogens is 2. The van der Waals surface area contributed by atoms with Gasteiger partial charge >= 0.3 is 0 Å². The first-order valence-corrected chi connectivity index (χ1v) is 11.8. The van der Waals surface area contributed by atoms with Crippen LogP contribution in [0.2, 0.25) is 0 Å². The van der Waals surface area contributed by atoms with Crippen LogP contribution in [0.3, 0.4) is 0 Å². The molecule has 0 aliphatic carbocycles. The van der Waals surface area contributed by atoms with E-state index in [1.165, 1.54) is 12.1 Å². The molecule has 6 rings (SSSR count). The number of phenols is 1. The molecule has 0 radical (unpaired) electrons. The number of imidazole rings is 1. The van der Waals surface area contributed by atoms with Crippen molar-refractivity contribution in [2.75, 3.05) is 5.32 Å². The number of fused-ring (bicyclic) bond motifs is 2. The van der Waals surface area contributed by atoms with Gasteiger partial charge in [-0.3, -0.25) is 14.9 Å². The summed E-state index contributed by atoms with van der Waals surface area (Å²) in [6.07, 6.45) is 6.57. The highest BCUT2D eigenvalue weighted by molar-refractivity contribution is 5.96. The molecule has 0 spiro atoms. The average molecular weight is 509 g/mol. The number of nitrogens with one attached hydrogen (secondary N) is 3. The number of benzene rings is 1. The predicted molar refractivity (Wildman–Crippen MR) is 141 cm³/mol. The Morgan fingerprint density at radius 3 is 2.66 bits per heavy atom. The van der Waals surface area contributed by atoms with Crippen LogP contribution in [0, 0.1) is 11.7 Å². The van der Waals surface area contributed by atoms with E-state index in [1.807, 2.05) is 26.0 Å². The van der Waals surface area contributed by atoms with E-state index in [1.54, 1.807) is 30.9 Å². The van der Waals surface area contributed by atoms with Crippen LogP contribution in [0.25, 0.3) is 56.0 Å². The van der Waals surface area contributed by atoms with Crippen LogP contribution in [0.5, 0.6) is 5.75 Å². The van der Waals surface area contributed by atoms with Crippen LogP contribution in [-0.2, 0) is 4.79 Å². The lowest BCUT2D eigenvalue weighted by Crippen LogP contribution is -2.17. The first-order chi connectivity index (χ1) is 18.4. The molecule has 38 heavy (non-hydrogen) atoms. The Balaban J connectivity index is 1.42. The maximum Gasteiger partial charge on any atom is 0.226 e. The predicted octanol–water partition coefficient (Wildman–Crippen LogP) is 5.06. The molecule has 0 saturated heterocycles. The molecule has 4 N–H and O–H groups in total. The van der Waals surface area contributed by atoms with Crippen molar-refractivity contribution in [3.05, 3.63) is 67.0 Å². The summed E-state index contributed by atoms with van der Waals surface area (Å²) in [5.41, 5.74) is 5.30. The molecule has 1 aromatic carbocycles. The van der Waals surface area contributed by atoms with E-state index in [2.05, 4.69) is 35.5 Å². The number of aromatic hydroxyl groups is 1. The molecule has 0 atom stereocenters. The molecule has 6 aromatic rings. The summed E-state index contributed by atoms with van der Waals surface area (Å²) in [6, 6.07) is 9.30. The quantitative estimate of drug-likeness (QED) is 0.254. The van der Waals surface area contributed by atoms with Gasteiger partial charge in [-0.15, -0.1) is 0 Å². The fourth-order valence-corrected chi connectivity index (χ4v) is 4.18. The Morgan fingerprint density at radius 2 is 1.84 bits per heavy atom. The van der Waals surface area contributed by atoms with Crippen molar-refractivity contribution in [1.82, 2.24) is 35.1 Å². The van der Waals surface area contributed by atoms with Gasteiger partial charge in [0.2, 0.25) is 5.91 Å². The largest absolute Gasteiger partial charge is 0.508 e. The Morgan fingerprint density at radius 1 is 1.00 bits per heavy atom. The Hall–Kier alpha value is -5.19. The van der Waals surface area contributed by atoms with E-state index in [0.29, 0.717) is 50.5 Å². The molecule has 188 valence electrons. The van der Waals surface area contributed by atoms with Gasteiger partial charge in [-0.05, 0) is 35.9 Å². The lowest BCUT2D eigenvalue weighted by molar-refractivity contribution is -0.118. The molecular formula is C27H21FN8O2. The van der Waals surface area contributed by atoms with Crippen LogP contribution in [-0.4, -0.2) is 46.1 Å². The SMILES string of the molecule is CC(C)C(=O)Nc1cncc(-c2cnc3[nH]nc(-c4nc5c(-c6cc(O)cc(F)c6)ccnc5[nH]4)c3c2)c1. The number of halogens is 1. The van der Waals surface area contributed by atoms with Gasteiger partial charge in [-0.2, -0.15) is 5.10 Å². The van der Waals surface area contributed by atoms with Gasteiger partial charge in [0.05, 0.1) is 17.3 Å². The van der Waals surface area contributed by atoms with Crippen molar-refractivity contribution >= 4 is 33.8 Å². The van der Waals surface area contributed by atoms with Gasteiger partial charge in [-0.1, -0.05) is 13.8 Å². The fraction of sp³-hybridized carbons (Fsp3) is 0.111. The summed E-state index contributed by atoms with van der Waals surface area (Å²) in [4.78, 5) is 33.1. The normalized spacial score (nSPS) is 11.5. The third-order valence-electron chi connectivity index (χ3n) is 6.08. The number of phenolic OH excluding ortho intramolecular Hbond substituents is 1. The first-order valence-electron chi connectivity index (χ1n) is 11.8. The monoisotopic (exact) mass is 508 g/mol. The van der Waals surface area contributed by atoms with Gasteiger partial charge < -0.3 is 15.4 Å². The van der Waals surface area contributed by atoms with Crippen LogP contribution >= 0.6 is 0 Å². The summed E-state index contributed by atoms with van der Waals surface area (Å²) >= 11 is 0. The molecule has 5 heterocycles. The minimum atomic E-state index is -0.556.